The largest absolute Gasteiger partial charge is 0.377 e. The summed E-state index contributed by atoms with van der Waals surface area (Å²) in [6, 6.07) is 5.06. The van der Waals surface area contributed by atoms with E-state index < -0.39 is 0 Å². The predicted octanol–water partition coefficient (Wildman–Crippen LogP) is 3.79. The molecule has 19 heavy (non-hydrogen) atoms. The van der Waals surface area contributed by atoms with E-state index in [1.54, 1.807) is 0 Å². The lowest BCUT2D eigenvalue weighted by atomic mass is 9.99. The first-order valence-corrected chi connectivity index (χ1v) is 8.57. The smallest absolute Gasteiger partial charge is 0.0731 e. The van der Waals surface area contributed by atoms with Crippen molar-refractivity contribution in [1.29, 1.82) is 0 Å². The molecule has 0 aliphatic carbocycles. The number of ether oxygens (including phenoxy) is 1. The Morgan fingerprint density at radius 1 is 1.32 bits per heavy atom. The number of thiophene rings is 1. The molecule has 1 aromatic rings. The van der Waals surface area contributed by atoms with E-state index in [9.17, 15) is 0 Å². The van der Waals surface area contributed by atoms with Crippen LogP contribution >= 0.6 is 11.3 Å². The van der Waals surface area contributed by atoms with Crippen molar-refractivity contribution in [3.63, 3.8) is 0 Å². The summed E-state index contributed by atoms with van der Waals surface area (Å²) in [6.45, 7) is 6.49. The normalized spacial score (nSPS) is 21.5. The van der Waals surface area contributed by atoms with Gasteiger partial charge in [-0.2, -0.15) is 0 Å². The second-order valence-corrected chi connectivity index (χ2v) is 6.64. The van der Waals surface area contributed by atoms with E-state index in [4.69, 9.17) is 4.74 Å². The van der Waals surface area contributed by atoms with Crippen LogP contribution in [0.2, 0.25) is 0 Å². The van der Waals surface area contributed by atoms with Crippen LogP contribution in [-0.4, -0.2) is 25.3 Å². The number of hydrogen-bond donors (Lipinski definition) is 1. The van der Waals surface area contributed by atoms with Crippen molar-refractivity contribution in [2.45, 2.75) is 64.5 Å². The van der Waals surface area contributed by atoms with Crippen molar-refractivity contribution in [3.8, 4) is 0 Å². The minimum atomic E-state index is 0.410. The molecule has 1 N–H and O–H groups in total. The molecular formula is C16H27NOS. The number of rotatable bonds is 7. The third-order valence-corrected chi connectivity index (χ3v) is 5.06. The molecule has 0 amide bonds. The molecule has 0 aromatic carbocycles. The maximum Gasteiger partial charge on any atom is 0.0731 e. The van der Waals surface area contributed by atoms with Crippen LogP contribution in [-0.2, 0) is 17.6 Å². The lowest BCUT2D eigenvalue weighted by molar-refractivity contribution is -0.00722. The zero-order chi connectivity index (χ0) is 13.5. The third kappa shape index (κ3) is 4.59. The molecule has 1 aliphatic rings. The van der Waals surface area contributed by atoms with E-state index in [1.807, 2.05) is 11.3 Å². The second-order valence-electron chi connectivity index (χ2n) is 5.39. The summed E-state index contributed by atoms with van der Waals surface area (Å²) < 4.78 is 5.98. The van der Waals surface area contributed by atoms with E-state index in [2.05, 4.69) is 31.3 Å². The molecular weight excluding hydrogens is 254 g/mol. The number of hydrogen-bond acceptors (Lipinski definition) is 3. The Morgan fingerprint density at radius 3 is 2.79 bits per heavy atom. The van der Waals surface area contributed by atoms with Gasteiger partial charge in [-0.15, -0.1) is 11.3 Å². The van der Waals surface area contributed by atoms with Crippen molar-refractivity contribution in [1.82, 2.24) is 5.32 Å². The van der Waals surface area contributed by atoms with Gasteiger partial charge in [-0.3, -0.25) is 0 Å². The predicted molar refractivity (Wildman–Crippen MR) is 83.1 cm³/mol. The highest BCUT2D eigenvalue weighted by Crippen LogP contribution is 2.23. The molecule has 1 fully saturated rings. The topological polar surface area (TPSA) is 21.3 Å². The Labute approximate surface area is 121 Å². The first-order chi connectivity index (χ1) is 9.33. The summed E-state index contributed by atoms with van der Waals surface area (Å²) in [5.41, 5.74) is 0. The van der Waals surface area contributed by atoms with Gasteiger partial charge in [-0.05, 0) is 57.2 Å². The first kappa shape index (κ1) is 15.0. The highest BCUT2D eigenvalue weighted by Gasteiger charge is 2.24. The summed E-state index contributed by atoms with van der Waals surface area (Å²) in [6.07, 6.45) is 7.64. The molecule has 2 atom stereocenters. The minimum absolute atomic E-state index is 0.410. The van der Waals surface area contributed by atoms with Gasteiger partial charge < -0.3 is 10.1 Å². The van der Waals surface area contributed by atoms with Crippen molar-refractivity contribution >= 4 is 11.3 Å². The molecule has 2 rings (SSSR count). The molecule has 0 spiro atoms. The van der Waals surface area contributed by atoms with E-state index in [1.165, 1.54) is 35.4 Å². The van der Waals surface area contributed by atoms with Crippen LogP contribution in [0, 0.1) is 0 Å². The minimum Gasteiger partial charge on any atom is -0.377 e. The summed E-state index contributed by atoms with van der Waals surface area (Å²) in [5.74, 6) is 0. The van der Waals surface area contributed by atoms with Crippen LogP contribution in [0.4, 0.5) is 0 Å². The molecule has 1 saturated heterocycles. The van der Waals surface area contributed by atoms with Crippen LogP contribution in [0.5, 0.6) is 0 Å². The van der Waals surface area contributed by atoms with Crippen LogP contribution in [0.3, 0.4) is 0 Å². The maximum atomic E-state index is 5.98. The Morgan fingerprint density at radius 2 is 2.16 bits per heavy atom. The summed E-state index contributed by atoms with van der Waals surface area (Å²) in [4.78, 5) is 2.99. The van der Waals surface area contributed by atoms with Crippen molar-refractivity contribution < 1.29 is 4.74 Å². The quantitative estimate of drug-likeness (QED) is 0.821. The Hall–Kier alpha value is -0.380. The van der Waals surface area contributed by atoms with Crippen molar-refractivity contribution in [2.24, 2.45) is 0 Å². The molecule has 0 bridgehead atoms. The molecule has 2 heterocycles. The van der Waals surface area contributed by atoms with E-state index >= 15 is 0 Å². The van der Waals surface area contributed by atoms with Crippen LogP contribution in [0.15, 0.2) is 12.1 Å². The lowest BCUT2D eigenvalue weighted by Gasteiger charge is -2.31. The van der Waals surface area contributed by atoms with Crippen molar-refractivity contribution in [3.05, 3.63) is 21.9 Å². The van der Waals surface area contributed by atoms with Crippen LogP contribution in [0.25, 0.3) is 0 Å². The first-order valence-electron chi connectivity index (χ1n) is 7.76. The van der Waals surface area contributed by atoms with Gasteiger partial charge in [0.15, 0.2) is 0 Å². The fourth-order valence-electron chi connectivity index (χ4n) is 2.69. The maximum absolute atomic E-state index is 5.98. The molecule has 0 saturated carbocycles. The highest BCUT2D eigenvalue weighted by molar-refractivity contribution is 7.11. The number of nitrogens with one attached hydrogen (secondary N) is 1. The molecule has 2 nitrogen and oxygen atoms in total. The fraction of sp³-hybridized carbons (Fsp3) is 0.750. The molecule has 108 valence electrons. The SMILES string of the molecule is CCCNC(Cc1ccc(CC)s1)C1CCCCO1. The van der Waals surface area contributed by atoms with Gasteiger partial charge in [0.1, 0.15) is 0 Å². The Bertz CT molecular complexity index is 357. The zero-order valence-corrected chi connectivity index (χ0v) is 13.1. The third-order valence-electron chi connectivity index (χ3n) is 3.81. The summed E-state index contributed by atoms with van der Waals surface area (Å²) >= 11 is 1.96. The van der Waals surface area contributed by atoms with Gasteiger partial charge in [0.05, 0.1) is 6.10 Å². The van der Waals surface area contributed by atoms with Gasteiger partial charge >= 0.3 is 0 Å². The lowest BCUT2D eigenvalue weighted by Crippen LogP contribution is -2.44. The highest BCUT2D eigenvalue weighted by atomic mass is 32.1. The van der Waals surface area contributed by atoms with E-state index in [0.717, 1.165) is 26.0 Å². The Kier molecular flexibility index (Phi) is 6.35. The van der Waals surface area contributed by atoms with Gasteiger partial charge in [-0.25, -0.2) is 0 Å². The van der Waals surface area contributed by atoms with Crippen molar-refractivity contribution in [2.75, 3.05) is 13.2 Å². The molecule has 3 heteroatoms. The second kappa shape index (κ2) is 8.03. The molecule has 1 aliphatic heterocycles. The standard InChI is InChI=1S/C16H27NOS/c1-3-10-17-15(16-7-5-6-11-18-16)12-14-9-8-13(4-2)19-14/h8-9,15-17H,3-7,10-12H2,1-2H3. The van der Waals surface area contributed by atoms with Gasteiger partial charge in [0.25, 0.3) is 0 Å². The van der Waals surface area contributed by atoms with Gasteiger partial charge in [-0.1, -0.05) is 13.8 Å². The summed E-state index contributed by atoms with van der Waals surface area (Å²) in [5, 5.41) is 3.70. The van der Waals surface area contributed by atoms with E-state index in [0.29, 0.717) is 12.1 Å². The Balaban J connectivity index is 1.95. The van der Waals surface area contributed by atoms with Crippen LogP contribution in [0.1, 0.15) is 49.3 Å². The molecule has 2 unspecified atom stereocenters. The zero-order valence-electron chi connectivity index (χ0n) is 12.3. The van der Waals surface area contributed by atoms with Gasteiger partial charge in [0.2, 0.25) is 0 Å². The number of aryl methyl sites for hydroxylation is 1. The monoisotopic (exact) mass is 281 g/mol. The molecule has 1 aromatic heterocycles. The van der Waals surface area contributed by atoms with E-state index in [-0.39, 0.29) is 0 Å². The van der Waals surface area contributed by atoms with Gasteiger partial charge in [0, 0.05) is 22.4 Å². The average Bonchev–Trinajstić information content (AvgIpc) is 2.92. The molecule has 0 radical (unpaired) electrons. The average molecular weight is 281 g/mol. The summed E-state index contributed by atoms with van der Waals surface area (Å²) in [7, 11) is 0. The fourth-order valence-corrected chi connectivity index (χ4v) is 3.70. The van der Waals surface area contributed by atoms with Crippen LogP contribution < -0.4 is 5.32 Å².